The van der Waals surface area contributed by atoms with Crippen LogP contribution < -0.4 is 5.32 Å². The van der Waals surface area contributed by atoms with Crippen LogP contribution in [-0.2, 0) is 0 Å². The quantitative estimate of drug-likeness (QED) is 0.832. The van der Waals surface area contributed by atoms with Crippen molar-refractivity contribution in [2.45, 2.75) is 34.6 Å². The lowest BCUT2D eigenvalue weighted by atomic mass is 9.99. The van der Waals surface area contributed by atoms with Crippen LogP contribution in [-0.4, -0.2) is 12.5 Å². The van der Waals surface area contributed by atoms with E-state index < -0.39 is 0 Å². The highest BCUT2D eigenvalue weighted by Gasteiger charge is 2.12. The first-order valence-electron chi connectivity index (χ1n) is 5.78. The Labute approximate surface area is 98.1 Å². The van der Waals surface area contributed by atoms with Gasteiger partial charge in [-0.3, -0.25) is 4.79 Å². The third kappa shape index (κ3) is 3.09. The van der Waals surface area contributed by atoms with E-state index in [2.05, 4.69) is 38.2 Å². The highest BCUT2D eigenvalue weighted by atomic mass is 16.1. The van der Waals surface area contributed by atoms with Crippen LogP contribution in [0.25, 0.3) is 0 Å². The molecule has 0 saturated carbocycles. The number of hydrogen-bond donors (Lipinski definition) is 1. The summed E-state index contributed by atoms with van der Waals surface area (Å²) in [4.78, 5) is 12.0. The summed E-state index contributed by atoms with van der Waals surface area (Å²) < 4.78 is 0. The molecule has 0 fully saturated rings. The Balaban J connectivity index is 2.91. The van der Waals surface area contributed by atoms with Crippen LogP contribution in [0.4, 0.5) is 0 Å². The molecule has 1 aromatic rings. The third-order valence-electron chi connectivity index (χ3n) is 2.57. The molecular formula is C14H21NO. The molecule has 0 spiro atoms. The van der Waals surface area contributed by atoms with E-state index in [0.717, 1.165) is 23.2 Å². The van der Waals surface area contributed by atoms with E-state index >= 15 is 0 Å². The van der Waals surface area contributed by atoms with Crippen LogP contribution in [0, 0.1) is 26.7 Å². The minimum absolute atomic E-state index is 0.0451. The summed E-state index contributed by atoms with van der Waals surface area (Å²) in [5.74, 6) is 0.527. The number of hydrogen-bond acceptors (Lipinski definition) is 1. The van der Waals surface area contributed by atoms with Crippen molar-refractivity contribution in [3.8, 4) is 0 Å². The smallest absolute Gasteiger partial charge is 0.251 e. The van der Waals surface area contributed by atoms with Crippen LogP contribution in [0.3, 0.4) is 0 Å². The molecule has 0 heterocycles. The number of amides is 1. The highest BCUT2D eigenvalue weighted by molar-refractivity contribution is 5.97. The Hall–Kier alpha value is -1.31. The molecule has 0 aromatic heterocycles. The van der Waals surface area contributed by atoms with Gasteiger partial charge in [-0.05, 0) is 37.8 Å². The number of aryl methyl sites for hydroxylation is 3. The van der Waals surface area contributed by atoms with Gasteiger partial charge in [0.25, 0.3) is 5.91 Å². The summed E-state index contributed by atoms with van der Waals surface area (Å²) in [6.45, 7) is 10.9. The third-order valence-corrected chi connectivity index (χ3v) is 2.57. The lowest BCUT2D eigenvalue weighted by Gasteiger charge is -2.12. The molecule has 16 heavy (non-hydrogen) atoms. The Morgan fingerprint density at radius 2 is 1.69 bits per heavy atom. The standard InChI is InChI=1S/C14H21NO/c1-9(2)8-15-14(16)13-11(4)6-10(3)7-12(13)5/h6-7,9H,8H2,1-5H3,(H,15,16). The molecule has 0 radical (unpaired) electrons. The summed E-state index contributed by atoms with van der Waals surface area (Å²) in [6.07, 6.45) is 0. The van der Waals surface area contributed by atoms with Gasteiger partial charge in [-0.25, -0.2) is 0 Å². The van der Waals surface area contributed by atoms with Crippen molar-refractivity contribution in [3.05, 3.63) is 34.4 Å². The van der Waals surface area contributed by atoms with Crippen LogP contribution in [0.2, 0.25) is 0 Å². The SMILES string of the molecule is Cc1cc(C)c(C(=O)NCC(C)C)c(C)c1. The van der Waals surface area contributed by atoms with Crippen LogP contribution in [0.1, 0.15) is 40.9 Å². The number of benzene rings is 1. The van der Waals surface area contributed by atoms with E-state index in [1.54, 1.807) is 0 Å². The maximum Gasteiger partial charge on any atom is 0.251 e. The molecular weight excluding hydrogens is 198 g/mol. The van der Waals surface area contributed by atoms with Gasteiger partial charge in [-0.2, -0.15) is 0 Å². The van der Waals surface area contributed by atoms with Gasteiger partial charge >= 0.3 is 0 Å². The second-order valence-corrected chi connectivity index (χ2v) is 4.88. The minimum Gasteiger partial charge on any atom is -0.352 e. The highest BCUT2D eigenvalue weighted by Crippen LogP contribution is 2.16. The predicted molar refractivity (Wildman–Crippen MR) is 67.8 cm³/mol. The summed E-state index contributed by atoms with van der Waals surface area (Å²) in [6, 6.07) is 4.11. The van der Waals surface area contributed by atoms with Gasteiger partial charge in [0.05, 0.1) is 0 Å². The Morgan fingerprint density at radius 3 is 2.12 bits per heavy atom. The van der Waals surface area contributed by atoms with E-state index in [1.807, 2.05) is 13.8 Å². The number of carbonyl (C=O) groups excluding carboxylic acids is 1. The largest absolute Gasteiger partial charge is 0.352 e. The zero-order valence-electron chi connectivity index (χ0n) is 10.8. The topological polar surface area (TPSA) is 29.1 Å². The fourth-order valence-corrected chi connectivity index (χ4v) is 1.92. The van der Waals surface area contributed by atoms with Crippen molar-refractivity contribution >= 4 is 5.91 Å². The van der Waals surface area contributed by atoms with E-state index in [9.17, 15) is 4.79 Å². The van der Waals surface area contributed by atoms with E-state index in [-0.39, 0.29) is 5.91 Å². The molecule has 2 heteroatoms. The molecule has 88 valence electrons. The van der Waals surface area contributed by atoms with E-state index in [0.29, 0.717) is 5.92 Å². The van der Waals surface area contributed by atoms with Crippen molar-refractivity contribution in [3.63, 3.8) is 0 Å². The van der Waals surface area contributed by atoms with Gasteiger partial charge in [0.15, 0.2) is 0 Å². The van der Waals surface area contributed by atoms with Gasteiger partial charge in [0.2, 0.25) is 0 Å². The van der Waals surface area contributed by atoms with Gasteiger partial charge in [0, 0.05) is 12.1 Å². The van der Waals surface area contributed by atoms with Crippen molar-refractivity contribution in [1.82, 2.24) is 5.32 Å². The van der Waals surface area contributed by atoms with E-state index in [1.165, 1.54) is 5.56 Å². The molecule has 0 aliphatic rings. The molecule has 0 atom stereocenters. The maximum absolute atomic E-state index is 12.0. The number of nitrogens with one attached hydrogen (secondary N) is 1. The zero-order chi connectivity index (χ0) is 12.3. The minimum atomic E-state index is 0.0451. The first-order chi connectivity index (χ1) is 7.41. The molecule has 0 unspecified atom stereocenters. The normalized spacial score (nSPS) is 10.6. The first-order valence-corrected chi connectivity index (χ1v) is 5.78. The second-order valence-electron chi connectivity index (χ2n) is 4.88. The van der Waals surface area contributed by atoms with Gasteiger partial charge in [-0.15, -0.1) is 0 Å². The van der Waals surface area contributed by atoms with Crippen molar-refractivity contribution in [2.75, 3.05) is 6.54 Å². The lowest BCUT2D eigenvalue weighted by molar-refractivity contribution is 0.0948. The van der Waals surface area contributed by atoms with Crippen molar-refractivity contribution < 1.29 is 4.79 Å². The molecule has 0 aliphatic heterocycles. The Bertz CT molecular complexity index is 371. The Morgan fingerprint density at radius 1 is 1.19 bits per heavy atom. The van der Waals surface area contributed by atoms with Crippen LogP contribution in [0.15, 0.2) is 12.1 Å². The maximum atomic E-state index is 12.0. The second kappa shape index (κ2) is 5.15. The zero-order valence-corrected chi connectivity index (χ0v) is 10.8. The molecule has 1 aromatic carbocycles. The molecule has 1 rings (SSSR count). The fraction of sp³-hybridized carbons (Fsp3) is 0.500. The fourth-order valence-electron chi connectivity index (χ4n) is 1.92. The molecule has 0 saturated heterocycles. The summed E-state index contributed by atoms with van der Waals surface area (Å²) >= 11 is 0. The van der Waals surface area contributed by atoms with Gasteiger partial charge < -0.3 is 5.32 Å². The summed E-state index contributed by atoms with van der Waals surface area (Å²) in [5.41, 5.74) is 4.14. The number of rotatable bonds is 3. The predicted octanol–water partition coefficient (Wildman–Crippen LogP) is 3.00. The molecule has 0 bridgehead atoms. The van der Waals surface area contributed by atoms with E-state index in [4.69, 9.17) is 0 Å². The summed E-state index contributed by atoms with van der Waals surface area (Å²) in [7, 11) is 0. The van der Waals surface area contributed by atoms with Crippen molar-refractivity contribution in [2.24, 2.45) is 5.92 Å². The first kappa shape index (κ1) is 12.8. The average molecular weight is 219 g/mol. The molecule has 1 amide bonds. The van der Waals surface area contributed by atoms with Crippen LogP contribution in [0.5, 0.6) is 0 Å². The van der Waals surface area contributed by atoms with Gasteiger partial charge in [-0.1, -0.05) is 31.5 Å². The summed E-state index contributed by atoms with van der Waals surface area (Å²) in [5, 5.41) is 2.96. The molecule has 1 N–H and O–H groups in total. The van der Waals surface area contributed by atoms with Crippen LogP contribution >= 0.6 is 0 Å². The Kier molecular flexibility index (Phi) is 4.11. The van der Waals surface area contributed by atoms with Gasteiger partial charge in [0.1, 0.15) is 0 Å². The number of carbonyl (C=O) groups is 1. The monoisotopic (exact) mass is 219 g/mol. The lowest BCUT2D eigenvalue weighted by Crippen LogP contribution is -2.28. The average Bonchev–Trinajstić information content (AvgIpc) is 2.12. The van der Waals surface area contributed by atoms with Crippen molar-refractivity contribution in [1.29, 1.82) is 0 Å². The molecule has 2 nitrogen and oxygen atoms in total. The molecule has 0 aliphatic carbocycles.